The number of nitro groups is 1. The number of benzene rings is 1. The predicted molar refractivity (Wildman–Crippen MR) is 100 cm³/mol. The summed E-state index contributed by atoms with van der Waals surface area (Å²) in [6.45, 7) is 7.80. The highest BCUT2D eigenvalue weighted by atomic mass is 32.2. The normalized spacial score (nSPS) is 11.9. The highest BCUT2D eigenvalue weighted by molar-refractivity contribution is 7.89. The Kier molecular flexibility index (Phi) is 7.08. The third kappa shape index (κ3) is 5.04. The van der Waals surface area contributed by atoms with E-state index in [1.165, 1.54) is 16.4 Å². The van der Waals surface area contributed by atoms with E-state index in [9.17, 15) is 18.5 Å². The predicted octanol–water partition coefficient (Wildman–Crippen LogP) is 2.79. The summed E-state index contributed by atoms with van der Waals surface area (Å²) in [6, 6.07) is 3.55. The van der Waals surface area contributed by atoms with Crippen molar-refractivity contribution in [2.24, 2.45) is 5.92 Å². The smallest absolute Gasteiger partial charge is 0.312 e. The van der Waals surface area contributed by atoms with Gasteiger partial charge in [0.25, 0.3) is 5.89 Å². The minimum atomic E-state index is -3.82. The molecule has 0 fully saturated rings. The number of hydrogen-bond donors (Lipinski definition) is 0. The summed E-state index contributed by atoms with van der Waals surface area (Å²) in [7, 11) is -3.82. The molecular formula is C17H24N4O6S. The van der Waals surface area contributed by atoms with Crippen LogP contribution >= 0.6 is 0 Å². The van der Waals surface area contributed by atoms with Gasteiger partial charge in [-0.05, 0) is 18.1 Å². The largest absolute Gasteiger partial charge is 0.477 e. The lowest BCUT2D eigenvalue weighted by Gasteiger charge is -2.18. The third-order valence-corrected chi connectivity index (χ3v) is 5.97. The van der Waals surface area contributed by atoms with Crippen LogP contribution in [0.5, 0.6) is 5.75 Å². The van der Waals surface area contributed by atoms with Crippen molar-refractivity contribution in [1.82, 2.24) is 14.4 Å². The standard InChI is InChI=1S/C17H24N4O6S/c1-5-20(6-2)28(24,25)13-7-8-15(14(10-13)21(22)23)26-11-17-18-16(19-27-17)9-12(3)4/h7-8,10,12H,5-6,9,11H2,1-4H3. The average Bonchev–Trinajstić information content (AvgIpc) is 3.07. The van der Waals surface area contributed by atoms with E-state index in [4.69, 9.17) is 9.26 Å². The summed E-state index contributed by atoms with van der Waals surface area (Å²) in [5.74, 6) is 0.994. The second kappa shape index (κ2) is 9.11. The Hall–Kier alpha value is -2.53. The van der Waals surface area contributed by atoms with E-state index in [1.807, 2.05) is 13.8 Å². The molecule has 0 bridgehead atoms. The SMILES string of the molecule is CCN(CC)S(=O)(=O)c1ccc(OCc2nc(CC(C)C)no2)c([N+](=O)[O-])c1. The summed E-state index contributed by atoms with van der Waals surface area (Å²) in [4.78, 5) is 14.7. The number of nitrogens with zero attached hydrogens (tertiary/aromatic N) is 4. The van der Waals surface area contributed by atoms with Crippen molar-refractivity contribution in [3.63, 3.8) is 0 Å². The molecule has 154 valence electrons. The van der Waals surface area contributed by atoms with Gasteiger partial charge >= 0.3 is 5.69 Å². The van der Waals surface area contributed by atoms with Crippen LogP contribution in [-0.2, 0) is 23.1 Å². The fourth-order valence-corrected chi connectivity index (χ4v) is 4.05. The van der Waals surface area contributed by atoms with Crippen molar-refractivity contribution in [1.29, 1.82) is 0 Å². The van der Waals surface area contributed by atoms with Gasteiger partial charge in [0.1, 0.15) is 0 Å². The molecule has 0 radical (unpaired) electrons. The number of nitro benzene ring substituents is 1. The van der Waals surface area contributed by atoms with Crippen LogP contribution in [0, 0.1) is 16.0 Å². The van der Waals surface area contributed by atoms with E-state index in [2.05, 4.69) is 10.1 Å². The first-order valence-corrected chi connectivity index (χ1v) is 10.4. The Labute approximate surface area is 163 Å². The van der Waals surface area contributed by atoms with E-state index >= 15 is 0 Å². The molecule has 11 heteroatoms. The van der Waals surface area contributed by atoms with Crippen LogP contribution in [0.1, 0.15) is 39.4 Å². The zero-order chi connectivity index (χ0) is 20.9. The van der Waals surface area contributed by atoms with E-state index in [1.54, 1.807) is 13.8 Å². The second-order valence-corrected chi connectivity index (χ2v) is 8.40. The van der Waals surface area contributed by atoms with Crippen LogP contribution < -0.4 is 4.74 Å². The molecule has 0 N–H and O–H groups in total. The number of hydrogen-bond acceptors (Lipinski definition) is 8. The first-order chi connectivity index (χ1) is 13.2. The van der Waals surface area contributed by atoms with E-state index in [0.29, 0.717) is 18.2 Å². The van der Waals surface area contributed by atoms with Crippen molar-refractivity contribution in [3.05, 3.63) is 40.0 Å². The Balaban J connectivity index is 2.24. The molecule has 1 aromatic carbocycles. The molecule has 10 nitrogen and oxygen atoms in total. The zero-order valence-corrected chi connectivity index (χ0v) is 17.1. The van der Waals surface area contributed by atoms with Gasteiger partial charge in [0.2, 0.25) is 10.0 Å². The van der Waals surface area contributed by atoms with E-state index in [-0.39, 0.29) is 36.2 Å². The van der Waals surface area contributed by atoms with Crippen LogP contribution in [0.4, 0.5) is 5.69 Å². The van der Waals surface area contributed by atoms with Gasteiger partial charge < -0.3 is 9.26 Å². The molecule has 2 rings (SSSR count). The van der Waals surface area contributed by atoms with Crippen LogP contribution in [0.15, 0.2) is 27.6 Å². The molecule has 0 aliphatic heterocycles. The molecule has 0 aliphatic rings. The fourth-order valence-electron chi connectivity index (χ4n) is 2.57. The Morgan fingerprint density at radius 3 is 2.54 bits per heavy atom. The second-order valence-electron chi connectivity index (χ2n) is 6.47. The van der Waals surface area contributed by atoms with Crippen molar-refractivity contribution >= 4 is 15.7 Å². The molecule has 0 saturated carbocycles. The summed E-state index contributed by atoms with van der Waals surface area (Å²) in [5.41, 5.74) is -0.449. The molecule has 0 aliphatic carbocycles. The minimum Gasteiger partial charge on any atom is -0.477 e. The van der Waals surface area contributed by atoms with Gasteiger partial charge in [0.05, 0.1) is 9.82 Å². The molecule has 0 unspecified atom stereocenters. The number of rotatable bonds is 10. The molecule has 1 heterocycles. The van der Waals surface area contributed by atoms with Gasteiger partial charge in [-0.2, -0.15) is 9.29 Å². The molecule has 2 aromatic rings. The van der Waals surface area contributed by atoms with Crippen molar-refractivity contribution < 1.29 is 22.6 Å². The lowest BCUT2D eigenvalue weighted by atomic mass is 10.1. The van der Waals surface area contributed by atoms with Crippen LogP contribution in [0.3, 0.4) is 0 Å². The van der Waals surface area contributed by atoms with Gasteiger partial charge in [-0.25, -0.2) is 8.42 Å². The molecule has 0 atom stereocenters. The van der Waals surface area contributed by atoms with Crippen molar-refractivity contribution in [3.8, 4) is 5.75 Å². The monoisotopic (exact) mass is 412 g/mol. The molecule has 0 amide bonds. The minimum absolute atomic E-state index is 0.0768. The number of sulfonamides is 1. The molecule has 28 heavy (non-hydrogen) atoms. The van der Waals surface area contributed by atoms with Gasteiger partial charge in [-0.1, -0.05) is 32.9 Å². The Morgan fingerprint density at radius 1 is 1.29 bits per heavy atom. The molecule has 0 saturated heterocycles. The van der Waals surface area contributed by atoms with Gasteiger partial charge in [-0.3, -0.25) is 10.1 Å². The lowest BCUT2D eigenvalue weighted by Crippen LogP contribution is -2.30. The zero-order valence-electron chi connectivity index (χ0n) is 16.3. The van der Waals surface area contributed by atoms with Gasteiger partial charge in [0.15, 0.2) is 18.2 Å². The summed E-state index contributed by atoms with van der Waals surface area (Å²) >= 11 is 0. The number of ether oxygens (including phenoxy) is 1. The Bertz CT molecular complexity index is 921. The molecule has 0 spiro atoms. The quantitative estimate of drug-likeness (QED) is 0.430. The van der Waals surface area contributed by atoms with Crippen LogP contribution in [-0.4, -0.2) is 40.9 Å². The van der Waals surface area contributed by atoms with Crippen molar-refractivity contribution in [2.45, 2.75) is 45.6 Å². The van der Waals surface area contributed by atoms with Crippen LogP contribution in [0.25, 0.3) is 0 Å². The van der Waals surface area contributed by atoms with E-state index < -0.39 is 20.6 Å². The van der Waals surface area contributed by atoms with E-state index in [0.717, 1.165) is 6.07 Å². The Morgan fingerprint density at radius 2 is 1.96 bits per heavy atom. The van der Waals surface area contributed by atoms with Crippen molar-refractivity contribution in [2.75, 3.05) is 13.1 Å². The molecule has 1 aromatic heterocycles. The maximum atomic E-state index is 12.6. The van der Waals surface area contributed by atoms with Gasteiger partial charge in [0, 0.05) is 25.6 Å². The fraction of sp³-hybridized carbons (Fsp3) is 0.529. The maximum absolute atomic E-state index is 12.6. The summed E-state index contributed by atoms with van der Waals surface area (Å²) in [5, 5.41) is 15.2. The highest BCUT2D eigenvalue weighted by Crippen LogP contribution is 2.31. The summed E-state index contributed by atoms with van der Waals surface area (Å²) in [6.07, 6.45) is 0.640. The topological polar surface area (TPSA) is 129 Å². The maximum Gasteiger partial charge on any atom is 0.312 e. The first-order valence-electron chi connectivity index (χ1n) is 8.91. The van der Waals surface area contributed by atoms with Crippen LogP contribution in [0.2, 0.25) is 0 Å². The summed E-state index contributed by atoms with van der Waals surface area (Å²) < 4.78 is 36.9. The number of aromatic nitrogens is 2. The first kappa shape index (κ1) is 21.8. The average molecular weight is 412 g/mol. The molecular weight excluding hydrogens is 388 g/mol. The van der Waals surface area contributed by atoms with Gasteiger partial charge in [-0.15, -0.1) is 0 Å². The highest BCUT2D eigenvalue weighted by Gasteiger charge is 2.26. The lowest BCUT2D eigenvalue weighted by molar-refractivity contribution is -0.386. The third-order valence-electron chi connectivity index (χ3n) is 3.92.